The lowest BCUT2D eigenvalue weighted by atomic mass is 9.83. The van der Waals surface area contributed by atoms with Crippen LogP contribution in [0, 0.1) is 0 Å². The molecule has 0 aliphatic carbocycles. The maximum Gasteiger partial charge on any atom is 0.267 e. The van der Waals surface area contributed by atoms with Crippen LogP contribution in [0.2, 0.25) is 0 Å². The summed E-state index contributed by atoms with van der Waals surface area (Å²) in [7, 11) is 0. The van der Waals surface area contributed by atoms with Crippen LogP contribution in [0.5, 0.6) is 5.75 Å². The van der Waals surface area contributed by atoms with Gasteiger partial charge in [0.05, 0.1) is 12.0 Å². The highest BCUT2D eigenvalue weighted by molar-refractivity contribution is 6.01. The van der Waals surface area contributed by atoms with E-state index < -0.39 is 11.5 Å². The van der Waals surface area contributed by atoms with Crippen LogP contribution < -0.4 is 10.2 Å². The van der Waals surface area contributed by atoms with Gasteiger partial charge in [0.25, 0.3) is 5.91 Å². The van der Waals surface area contributed by atoms with E-state index in [9.17, 15) is 9.59 Å². The Morgan fingerprint density at radius 2 is 2.07 bits per heavy atom. The average Bonchev–Trinajstić information content (AvgIpc) is 2.77. The Balaban J connectivity index is 1.45. The fourth-order valence-corrected chi connectivity index (χ4v) is 4.37. The summed E-state index contributed by atoms with van der Waals surface area (Å²) in [6.07, 6.45) is 6.00. The number of hydrogen-bond donors (Lipinski definition) is 2. The SMILES string of the molecule is O=C(/C=C/c1ccc2c(c1)C(=O)CC1(CCCN(CCc3ccccc3)C1)O2)NO. The van der Waals surface area contributed by atoms with Gasteiger partial charge in [0.2, 0.25) is 0 Å². The van der Waals surface area contributed by atoms with Crippen LogP contribution in [0.4, 0.5) is 0 Å². The number of hydrogen-bond acceptors (Lipinski definition) is 5. The standard InChI is InChI=1S/C24H26N2O4/c27-21-16-24(12-4-13-26(17-24)14-11-18-5-2-1-3-6-18)30-22-9-7-19(15-20(21)22)8-10-23(28)25-29/h1-3,5-10,15,29H,4,11-14,16-17H2,(H,25,28)/b10-8+. The number of ether oxygens (including phenoxy) is 1. The molecule has 0 bridgehead atoms. The van der Waals surface area contributed by atoms with Crippen LogP contribution in [0.3, 0.4) is 0 Å². The smallest absolute Gasteiger partial charge is 0.267 e. The molecule has 1 atom stereocenters. The van der Waals surface area contributed by atoms with Crippen LogP contribution >= 0.6 is 0 Å². The lowest BCUT2D eigenvalue weighted by molar-refractivity contribution is -0.124. The van der Waals surface area contributed by atoms with Crippen molar-refractivity contribution >= 4 is 17.8 Å². The molecule has 1 fully saturated rings. The molecule has 1 saturated heterocycles. The quantitative estimate of drug-likeness (QED) is 0.453. The minimum atomic E-state index is -0.618. The zero-order chi connectivity index (χ0) is 21.0. The average molecular weight is 406 g/mol. The number of likely N-dealkylation sites (tertiary alicyclic amines) is 1. The topological polar surface area (TPSA) is 78.9 Å². The molecule has 2 N–H and O–H groups in total. The van der Waals surface area contributed by atoms with Crippen LogP contribution in [-0.2, 0) is 11.2 Å². The van der Waals surface area contributed by atoms with E-state index in [1.54, 1.807) is 23.7 Å². The minimum Gasteiger partial charge on any atom is -0.485 e. The number of rotatable bonds is 5. The molecular formula is C24H26N2O4. The van der Waals surface area contributed by atoms with Crippen molar-refractivity contribution in [2.24, 2.45) is 0 Å². The van der Waals surface area contributed by atoms with Crippen LogP contribution in [0.1, 0.15) is 40.7 Å². The van der Waals surface area contributed by atoms with E-state index in [2.05, 4.69) is 29.2 Å². The van der Waals surface area contributed by atoms with E-state index in [-0.39, 0.29) is 5.78 Å². The predicted molar refractivity (Wildman–Crippen MR) is 114 cm³/mol. The largest absolute Gasteiger partial charge is 0.485 e. The lowest BCUT2D eigenvalue weighted by Crippen LogP contribution is -2.54. The number of carbonyl (C=O) groups is 2. The number of ketones is 1. The number of amides is 1. The minimum absolute atomic E-state index is 0.0722. The van der Waals surface area contributed by atoms with Gasteiger partial charge in [0.1, 0.15) is 11.4 Å². The Morgan fingerprint density at radius 1 is 1.23 bits per heavy atom. The van der Waals surface area contributed by atoms with E-state index >= 15 is 0 Å². The summed E-state index contributed by atoms with van der Waals surface area (Å²) in [5, 5.41) is 8.58. The van der Waals surface area contributed by atoms with Crippen molar-refractivity contribution in [2.45, 2.75) is 31.3 Å². The Labute approximate surface area is 176 Å². The van der Waals surface area contributed by atoms with Crippen LogP contribution in [0.15, 0.2) is 54.6 Å². The first-order valence-corrected chi connectivity index (χ1v) is 10.3. The van der Waals surface area contributed by atoms with Crippen molar-refractivity contribution in [3.63, 3.8) is 0 Å². The summed E-state index contributed by atoms with van der Waals surface area (Å²) in [6.45, 7) is 2.73. The van der Waals surface area contributed by atoms with Crippen molar-refractivity contribution in [3.8, 4) is 5.75 Å². The summed E-state index contributed by atoms with van der Waals surface area (Å²) in [5.41, 5.74) is 3.66. The van der Waals surface area contributed by atoms with E-state index in [0.29, 0.717) is 23.3 Å². The lowest BCUT2D eigenvalue weighted by Gasteiger charge is -2.45. The first kappa shape index (κ1) is 20.3. The predicted octanol–water partition coefficient (Wildman–Crippen LogP) is 3.25. The molecule has 1 spiro atoms. The monoisotopic (exact) mass is 406 g/mol. The second-order valence-corrected chi connectivity index (χ2v) is 8.07. The molecule has 0 radical (unpaired) electrons. The van der Waals surface area contributed by atoms with Crippen molar-refractivity contribution in [3.05, 3.63) is 71.3 Å². The summed E-state index contributed by atoms with van der Waals surface area (Å²) in [6, 6.07) is 15.8. The molecule has 1 unspecified atom stereocenters. The maximum atomic E-state index is 12.9. The highest BCUT2D eigenvalue weighted by Gasteiger charge is 2.43. The molecule has 6 nitrogen and oxygen atoms in total. The summed E-state index contributed by atoms with van der Waals surface area (Å²) in [5.74, 6) is 0.0648. The number of fused-ring (bicyclic) bond motifs is 1. The van der Waals surface area contributed by atoms with Gasteiger partial charge in [-0.15, -0.1) is 0 Å². The Kier molecular flexibility index (Phi) is 5.97. The van der Waals surface area contributed by atoms with E-state index in [0.717, 1.165) is 38.9 Å². The molecule has 30 heavy (non-hydrogen) atoms. The van der Waals surface area contributed by atoms with Gasteiger partial charge in [0.15, 0.2) is 5.78 Å². The van der Waals surface area contributed by atoms with Crippen molar-refractivity contribution in [1.29, 1.82) is 0 Å². The summed E-state index contributed by atoms with van der Waals surface area (Å²) < 4.78 is 6.41. The fraction of sp³-hybridized carbons (Fsp3) is 0.333. The van der Waals surface area contributed by atoms with E-state index in [1.807, 2.05) is 12.1 Å². The third-order valence-electron chi connectivity index (χ3n) is 5.83. The van der Waals surface area contributed by atoms with Gasteiger partial charge in [-0.1, -0.05) is 36.4 Å². The molecule has 4 rings (SSSR count). The van der Waals surface area contributed by atoms with Gasteiger partial charge >= 0.3 is 0 Å². The van der Waals surface area contributed by atoms with E-state index in [1.165, 1.54) is 11.6 Å². The van der Waals surface area contributed by atoms with E-state index in [4.69, 9.17) is 9.94 Å². The summed E-state index contributed by atoms with van der Waals surface area (Å²) in [4.78, 5) is 26.5. The highest BCUT2D eigenvalue weighted by Crippen LogP contribution is 2.39. The van der Waals surface area contributed by atoms with Crippen LogP contribution in [-0.4, -0.2) is 47.0 Å². The molecule has 2 heterocycles. The first-order valence-electron chi connectivity index (χ1n) is 10.3. The zero-order valence-electron chi connectivity index (χ0n) is 16.8. The summed E-state index contributed by atoms with van der Waals surface area (Å²) >= 11 is 0. The number of nitrogens with zero attached hydrogens (tertiary/aromatic N) is 1. The van der Waals surface area contributed by atoms with Gasteiger partial charge < -0.3 is 4.74 Å². The van der Waals surface area contributed by atoms with Gasteiger partial charge in [0, 0.05) is 19.2 Å². The number of nitrogens with one attached hydrogen (secondary N) is 1. The van der Waals surface area contributed by atoms with Crippen molar-refractivity contribution in [2.75, 3.05) is 19.6 Å². The molecule has 2 aliphatic rings. The number of piperidine rings is 1. The molecule has 2 aliphatic heterocycles. The highest BCUT2D eigenvalue weighted by atomic mass is 16.5. The third-order valence-corrected chi connectivity index (χ3v) is 5.83. The first-order chi connectivity index (χ1) is 14.6. The van der Waals surface area contributed by atoms with Gasteiger partial charge in [-0.25, -0.2) is 5.48 Å². The number of Topliss-reactive ketones (excluding diaryl/α,β-unsaturated/α-hetero) is 1. The molecule has 6 heteroatoms. The zero-order valence-corrected chi connectivity index (χ0v) is 16.8. The number of carbonyl (C=O) groups excluding carboxylic acids is 2. The van der Waals surface area contributed by atoms with Gasteiger partial charge in [-0.05, 0) is 55.1 Å². The molecule has 0 saturated carbocycles. The molecular weight excluding hydrogens is 380 g/mol. The molecule has 2 aromatic carbocycles. The van der Waals surface area contributed by atoms with Crippen molar-refractivity contribution < 1.29 is 19.5 Å². The number of hydroxylamine groups is 1. The van der Waals surface area contributed by atoms with Crippen molar-refractivity contribution in [1.82, 2.24) is 10.4 Å². The molecule has 2 aromatic rings. The Hall–Kier alpha value is -2.96. The Bertz CT molecular complexity index is 957. The molecule has 0 aromatic heterocycles. The second-order valence-electron chi connectivity index (χ2n) is 8.07. The van der Waals surface area contributed by atoms with Crippen LogP contribution in [0.25, 0.3) is 6.08 Å². The van der Waals surface area contributed by atoms with Gasteiger partial charge in [-0.2, -0.15) is 0 Å². The maximum absolute atomic E-state index is 12.9. The Morgan fingerprint density at radius 3 is 2.87 bits per heavy atom. The number of benzene rings is 2. The normalized spacial score (nSPS) is 21.4. The molecule has 156 valence electrons. The molecule has 1 amide bonds. The third kappa shape index (κ3) is 4.61. The second kappa shape index (κ2) is 8.81. The van der Waals surface area contributed by atoms with Gasteiger partial charge in [-0.3, -0.25) is 19.7 Å². The fourth-order valence-electron chi connectivity index (χ4n) is 4.37.